The Bertz CT molecular complexity index is 1270. The second-order valence-electron chi connectivity index (χ2n) is 8.13. The van der Waals surface area contributed by atoms with E-state index in [0.29, 0.717) is 11.6 Å². The van der Waals surface area contributed by atoms with Crippen LogP contribution < -0.4 is 14.8 Å². The number of anilines is 2. The van der Waals surface area contributed by atoms with Crippen LogP contribution in [0.25, 0.3) is 21.7 Å². The van der Waals surface area contributed by atoms with Crippen molar-refractivity contribution < 1.29 is 9.47 Å². The Morgan fingerprint density at radius 3 is 2.62 bits per heavy atom. The van der Waals surface area contributed by atoms with E-state index in [1.807, 2.05) is 48.5 Å². The van der Waals surface area contributed by atoms with Crippen molar-refractivity contribution in [2.45, 2.75) is 18.9 Å². The lowest BCUT2D eigenvalue weighted by Gasteiger charge is -2.29. The van der Waals surface area contributed by atoms with E-state index in [9.17, 15) is 0 Å². The summed E-state index contributed by atoms with van der Waals surface area (Å²) >= 11 is 6.41. The molecule has 2 heterocycles. The van der Waals surface area contributed by atoms with E-state index >= 15 is 0 Å². The van der Waals surface area contributed by atoms with Gasteiger partial charge in [-0.25, -0.2) is 9.97 Å². The van der Waals surface area contributed by atoms with Gasteiger partial charge in [0.1, 0.15) is 29.7 Å². The van der Waals surface area contributed by atoms with Crippen molar-refractivity contribution >= 4 is 44.8 Å². The van der Waals surface area contributed by atoms with Gasteiger partial charge in [0, 0.05) is 46.7 Å². The third kappa shape index (κ3) is 4.04. The van der Waals surface area contributed by atoms with Crippen molar-refractivity contribution in [2.24, 2.45) is 0 Å². The normalized spacial score (nSPS) is 15.2. The zero-order chi connectivity index (χ0) is 22.1. The molecule has 164 valence electrons. The van der Waals surface area contributed by atoms with Crippen LogP contribution in [-0.2, 0) is 0 Å². The van der Waals surface area contributed by atoms with Crippen molar-refractivity contribution in [1.29, 1.82) is 0 Å². The highest BCUT2D eigenvalue weighted by Gasteiger charge is 2.21. The molecule has 6 nitrogen and oxygen atoms in total. The highest BCUT2D eigenvalue weighted by Crippen LogP contribution is 2.38. The topological polar surface area (TPSA) is 59.5 Å². The van der Waals surface area contributed by atoms with Crippen LogP contribution in [0.5, 0.6) is 11.5 Å². The fourth-order valence-electron chi connectivity index (χ4n) is 4.23. The zero-order valence-corrected chi connectivity index (χ0v) is 18.9. The summed E-state index contributed by atoms with van der Waals surface area (Å²) in [6.07, 6.45) is 3.66. The van der Waals surface area contributed by atoms with Gasteiger partial charge in [0.25, 0.3) is 0 Å². The summed E-state index contributed by atoms with van der Waals surface area (Å²) in [5.41, 5.74) is 1.69. The standard InChI is InChI=1S/C25H25ClN4O2/c1-30-11-9-16(10-12-30)32-23-14-17(31-2)13-22-24(23)25(28-15-27-22)29-21-8-4-5-18-19(21)6-3-7-20(18)26/h3-8,13-16H,9-12H2,1-2H3,(H,27,28,29). The monoisotopic (exact) mass is 448 g/mol. The molecule has 1 aromatic heterocycles. The number of hydrogen-bond acceptors (Lipinski definition) is 6. The minimum Gasteiger partial charge on any atom is -0.497 e. The molecular formula is C25H25ClN4O2. The molecule has 1 fully saturated rings. The number of halogens is 1. The van der Waals surface area contributed by atoms with E-state index in [1.54, 1.807) is 13.4 Å². The summed E-state index contributed by atoms with van der Waals surface area (Å²) in [6.45, 7) is 2.04. The van der Waals surface area contributed by atoms with Crippen molar-refractivity contribution in [3.63, 3.8) is 0 Å². The molecule has 0 atom stereocenters. The van der Waals surface area contributed by atoms with Gasteiger partial charge < -0.3 is 19.7 Å². The van der Waals surface area contributed by atoms with Crippen molar-refractivity contribution in [3.8, 4) is 11.5 Å². The molecule has 3 aromatic carbocycles. The highest BCUT2D eigenvalue weighted by atomic mass is 35.5. The number of methoxy groups -OCH3 is 1. The van der Waals surface area contributed by atoms with E-state index in [-0.39, 0.29) is 6.10 Å². The molecule has 1 N–H and O–H groups in total. The predicted molar refractivity (Wildman–Crippen MR) is 129 cm³/mol. The lowest BCUT2D eigenvalue weighted by atomic mass is 10.1. The summed E-state index contributed by atoms with van der Waals surface area (Å²) in [5.74, 6) is 2.13. The number of hydrogen-bond donors (Lipinski definition) is 1. The van der Waals surface area contributed by atoms with Crippen LogP contribution in [0, 0.1) is 0 Å². The molecule has 0 spiro atoms. The maximum atomic E-state index is 6.50. The van der Waals surface area contributed by atoms with Crippen LogP contribution >= 0.6 is 11.6 Å². The number of nitrogens with one attached hydrogen (secondary N) is 1. The second-order valence-corrected chi connectivity index (χ2v) is 8.54. The number of likely N-dealkylation sites (tertiary alicyclic amines) is 1. The van der Waals surface area contributed by atoms with Crippen LogP contribution in [-0.4, -0.2) is 48.2 Å². The number of piperidine rings is 1. The molecule has 1 aliphatic rings. The molecule has 0 bridgehead atoms. The summed E-state index contributed by atoms with van der Waals surface area (Å²) in [4.78, 5) is 11.4. The summed E-state index contributed by atoms with van der Waals surface area (Å²) in [7, 11) is 3.80. The van der Waals surface area contributed by atoms with Crippen molar-refractivity contribution in [1.82, 2.24) is 14.9 Å². The lowest BCUT2D eigenvalue weighted by molar-refractivity contribution is 0.115. The number of fused-ring (bicyclic) bond motifs is 2. The van der Waals surface area contributed by atoms with Gasteiger partial charge in [0.05, 0.1) is 18.0 Å². The SMILES string of the molecule is COc1cc(OC2CCN(C)CC2)c2c(Nc3cccc4c(Cl)cccc34)ncnc2c1. The maximum absolute atomic E-state index is 6.50. The Labute approximate surface area is 192 Å². The quantitative estimate of drug-likeness (QED) is 0.425. The molecule has 0 amide bonds. The first-order valence-electron chi connectivity index (χ1n) is 10.7. The van der Waals surface area contributed by atoms with Gasteiger partial charge in [-0.2, -0.15) is 0 Å². The molecule has 4 aromatic rings. The molecule has 0 aliphatic carbocycles. The van der Waals surface area contributed by atoms with Crippen LogP contribution in [0.1, 0.15) is 12.8 Å². The Balaban J connectivity index is 1.59. The fourth-order valence-corrected chi connectivity index (χ4v) is 4.46. The molecule has 0 radical (unpaired) electrons. The van der Waals surface area contributed by atoms with Gasteiger partial charge in [-0.3, -0.25) is 0 Å². The van der Waals surface area contributed by atoms with E-state index in [2.05, 4.69) is 27.2 Å². The molecule has 5 rings (SSSR count). The number of benzene rings is 3. The van der Waals surface area contributed by atoms with Gasteiger partial charge >= 0.3 is 0 Å². The third-order valence-electron chi connectivity index (χ3n) is 5.99. The van der Waals surface area contributed by atoms with Gasteiger partial charge in [-0.1, -0.05) is 35.9 Å². The molecular weight excluding hydrogens is 424 g/mol. The molecule has 32 heavy (non-hydrogen) atoms. The summed E-state index contributed by atoms with van der Waals surface area (Å²) < 4.78 is 12.0. The number of aromatic nitrogens is 2. The van der Waals surface area contributed by atoms with Crippen LogP contribution in [0.15, 0.2) is 54.9 Å². The third-order valence-corrected chi connectivity index (χ3v) is 6.32. The number of ether oxygens (including phenoxy) is 2. The van der Waals surface area contributed by atoms with Gasteiger partial charge in [0.15, 0.2) is 0 Å². The van der Waals surface area contributed by atoms with E-state index in [4.69, 9.17) is 21.1 Å². The average molecular weight is 449 g/mol. The minimum atomic E-state index is 0.144. The second kappa shape index (κ2) is 8.81. The Morgan fingerprint density at radius 2 is 1.81 bits per heavy atom. The molecule has 0 unspecified atom stereocenters. The summed E-state index contributed by atoms with van der Waals surface area (Å²) in [5, 5.41) is 7.07. The molecule has 0 saturated carbocycles. The van der Waals surface area contributed by atoms with Crippen molar-refractivity contribution in [3.05, 3.63) is 59.9 Å². The Kier molecular flexibility index (Phi) is 5.72. The molecule has 1 saturated heterocycles. The van der Waals surface area contributed by atoms with Gasteiger partial charge in [0.2, 0.25) is 0 Å². The van der Waals surface area contributed by atoms with E-state index < -0.39 is 0 Å². The smallest absolute Gasteiger partial charge is 0.145 e. The Hall–Kier alpha value is -3.09. The molecule has 1 aliphatic heterocycles. The maximum Gasteiger partial charge on any atom is 0.145 e. The fraction of sp³-hybridized carbons (Fsp3) is 0.280. The first-order chi connectivity index (χ1) is 15.6. The largest absolute Gasteiger partial charge is 0.497 e. The van der Waals surface area contributed by atoms with Crippen molar-refractivity contribution in [2.75, 3.05) is 32.6 Å². The van der Waals surface area contributed by atoms with E-state index in [0.717, 1.165) is 64.1 Å². The lowest BCUT2D eigenvalue weighted by Crippen LogP contribution is -2.35. The zero-order valence-electron chi connectivity index (χ0n) is 18.1. The number of rotatable bonds is 5. The number of nitrogens with zero attached hydrogens (tertiary/aromatic N) is 3. The first kappa shape index (κ1) is 20.8. The van der Waals surface area contributed by atoms with Gasteiger partial charge in [-0.05, 0) is 32.0 Å². The van der Waals surface area contributed by atoms with Crippen LogP contribution in [0.2, 0.25) is 5.02 Å². The molecule has 7 heteroatoms. The summed E-state index contributed by atoms with van der Waals surface area (Å²) in [6, 6.07) is 15.7. The van der Waals surface area contributed by atoms with Crippen LogP contribution in [0.4, 0.5) is 11.5 Å². The van der Waals surface area contributed by atoms with Crippen LogP contribution in [0.3, 0.4) is 0 Å². The van der Waals surface area contributed by atoms with Gasteiger partial charge in [-0.15, -0.1) is 0 Å². The first-order valence-corrected chi connectivity index (χ1v) is 11.1. The average Bonchev–Trinajstić information content (AvgIpc) is 2.81. The van der Waals surface area contributed by atoms with E-state index in [1.165, 1.54) is 0 Å². The highest BCUT2D eigenvalue weighted by molar-refractivity contribution is 6.35. The Morgan fingerprint density at radius 1 is 1.03 bits per heavy atom. The minimum absolute atomic E-state index is 0.144. The predicted octanol–water partition coefficient (Wildman–Crippen LogP) is 5.66.